The van der Waals surface area contributed by atoms with Crippen LogP contribution in [0.4, 0.5) is 0 Å². The van der Waals surface area contributed by atoms with E-state index in [1.807, 2.05) is 152 Å². The van der Waals surface area contributed by atoms with Gasteiger partial charge in [-0.2, -0.15) is 0 Å². The SMILES string of the molecule is CO[C@H]1O[C@H](COCc2ccccc2)[C@@H](O[C@@H]2O[C@H](COC(=O)c3ccccc3)[C@H](OC(=O)c3ccccc3)[C@H](O[C@H]3O[C@H](COCc4ccccc4)[C@H](OCc4ccccc4)[C@H](OCc4ccccc4)[C@H]3OCc3ccccc3)[C@H]2OC(=O)c2ccccc2)[C@H](OC(C)=O)[C@H]1OC(C)=O. The molecule has 0 bridgehead atoms. The highest BCUT2D eigenvalue weighted by Crippen LogP contribution is 2.40. The summed E-state index contributed by atoms with van der Waals surface area (Å²) in [5.41, 5.74) is 4.37. The lowest BCUT2D eigenvalue weighted by Crippen LogP contribution is -2.69. The molecular formula is C79H80O21. The Hall–Kier alpha value is -9.33. The van der Waals surface area contributed by atoms with E-state index in [1.165, 1.54) is 31.4 Å². The van der Waals surface area contributed by atoms with Gasteiger partial charge in [-0.1, -0.05) is 206 Å². The third-order valence-electron chi connectivity index (χ3n) is 16.7. The van der Waals surface area contributed by atoms with Crippen molar-refractivity contribution in [1.29, 1.82) is 0 Å². The molecule has 15 atom stereocenters. The van der Waals surface area contributed by atoms with E-state index in [9.17, 15) is 14.4 Å². The zero-order valence-electron chi connectivity index (χ0n) is 55.5. The molecule has 0 N–H and O–H groups in total. The lowest BCUT2D eigenvalue weighted by molar-refractivity contribution is -0.384. The van der Waals surface area contributed by atoms with Gasteiger partial charge in [-0.15, -0.1) is 0 Å². The Balaban J connectivity index is 1.09. The molecule has 0 amide bonds. The average molecular weight is 1370 g/mol. The number of ether oxygens (including phenoxy) is 16. The zero-order valence-corrected chi connectivity index (χ0v) is 55.5. The molecule has 3 saturated heterocycles. The van der Waals surface area contributed by atoms with Crippen LogP contribution in [0.2, 0.25) is 0 Å². The molecule has 3 aliphatic heterocycles. The minimum Gasteiger partial charge on any atom is -0.459 e. The molecule has 0 aliphatic carbocycles. The molecule has 100 heavy (non-hydrogen) atoms. The smallest absolute Gasteiger partial charge is 0.338 e. The highest BCUT2D eigenvalue weighted by Gasteiger charge is 2.59. The van der Waals surface area contributed by atoms with Crippen molar-refractivity contribution in [3.63, 3.8) is 0 Å². The average Bonchev–Trinajstić information content (AvgIpc) is 0.762. The molecule has 3 fully saturated rings. The van der Waals surface area contributed by atoms with Crippen molar-refractivity contribution in [1.82, 2.24) is 0 Å². The molecule has 0 spiro atoms. The van der Waals surface area contributed by atoms with Crippen LogP contribution in [0.15, 0.2) is 243 Å². The zero-order chi connectivity index (χ0) is 69.4. The van der Waals surface area contributed by atoms with E-state index < -0.39 is 129 Å². The van der Waals surface area contributed by atoms with Crippen LogP contribution in [0.5, 0.6) is 0 Å². The van der Waals surface area contributed by atoms with E-state index in [-0.39, 0.29) is 62.9 Å². The predicted molar refractivity (Wildman–Crippen MR) is 359 cm³/mol. The fraction of sp³-hybridized carbons (Fsp3) is 0.329. The van der Waals surface area contributed by atoms with Gasteiger partial charge in [-0.3, -0.25) is 9.59 Å². The molecule has 522 valence electrons. The van der Waals surface area contributed by atoms with E-state index in [0.29, 0.717) is 0 Å². The van der Waals surface area contributed by atoms with Crippen LogP contribution in [0.3, 0.4) is 0 Å². The van der Waals surface area contributed by atoms with Crippen LogP contribution >= 0.6 is 0 Å². The monoisotopic (exact) mass is 1360 g/mol. The Kier molecular flexibility index (Phi) is 26.4. The van der Waals surface area contributed by atoms with Gasteiger partial charge in [0.1, 0.15) is 55.4 Å². The van der Waals surface area contributed by atoms with Crippen LogP contribution in [-0.2, 0) is 118 Å². The molecule has 0 aromatic heterocycles. The normalized spacial score (nSPS) is 25.0. The van der Waals surface area contributed by atoms with E-state index in [1.54, 1.807) is 66.7 Å². The molecule has 0 radical (unpaired) electrons. The van der Waals surface area contributed by atoms with Crippen LogP contribution in [0.1, 0.15) is 72.7 Å². The number of carbonyl (C=O) groups excluding carboxylic acids is 5. The summed E-state index contributed by atoms with van der Waals surface area (Å²) in [4.78, 5) is 71.3. The Labute approximate surface area is 580 Å². The van der Waals surface area contributed by atoms with Gasteiger partial charge in [0.25, 0.3) is 0 Å². The second-order valence-corrected chi connectivity index (χ2v) is 23.9. The van der Waals surface area contributed by atoms with E-state index in [0.717, 1.165) is 41.7 Å². The lowest BCUT2D eigenvalue weighted by atomic mass is 9.94. The summed E-state index contributed by atoms with van der Waals surface area (Å²) in [5, 5.41) is 0. The van der Waals surface area contributed by atoms with Crippen molar-refractivity contribution < 1.29 is 99.8 Å². The van der Waals surface area contributed by atoms with Crippen LogP contribution < -0.4 is 0 Å². The van der Waals surface area contributed by atoms with Gasteiger partial charge < -0.3 is 75.8 Å². The highest BCUT2D eigenvalue weighted by molar-refractivity contribution is 5.90. The number of hydrogen-bond acceptors (Lipinski definition) is 21. The maximum Gasteiger partial charge on any atom is 0.338 e. The van der Waals surface area contributed by atoms with Crippen molar-refractivity contribution in [3.05, 3.63) is 287 Å². The second kappa shape index (κ2) is 36.7. The molecule has 0 saturated carbocycles. The molecule has 21 nitrogen and oxygen atoms in total. The molecule has 8 aromatic carbocycles. The van der Waals surface area contributed by atoms with E-state index >= 15 is 9.59 Å². The highest BCUT2D eigenvalue weighted by atomic mass is 16.8. The molecule has 8 aromatic rings. The maximum atomic E-state index is 15.2. The van der Waals surface area contributed by atoms with Crippen molar-refractivity contribution in [2.24, 2.45) is 0 Å². The Morgan fingerprint density at radius 3 is 1.05 bits per heavy atom. The van der Waals surface area contributed by atoms with Gasteiger partial charge in [-0.25, -0.2) is 14.4 Å². The summed E-state index contributed by atoms with van der Waals surface area (Å²) < 4.78 is 107. The first-order valence-electron chi connectivity index (χ1n) is 33.0. The number of rotatable bonds is 31. The number of hydrogen-bond donors (Lipinski definition) is 0. The minimum absolute atomic E-state index is 0.0321. The van der Waals surface area contributed by atoms with Gasteiger partial charge >= 0.3 is 29.8 Å². The Bertz CT molecular complexity index is 3790. The van der Waals surface area contributed by atoms with Crippen molar-refractivity contribution >= 4 is 29.8 Å². The van der Waals surface area contributed by atoms with Crippen LogP contribution in [0.25, 0.3) is 0 Å². The first-order valence-corrected chi connectivity index (χ1v) is 33.0. The van der Waals surface area contributed by atoms with Crippen LogP contribution in [0, 0.1) is 0 Å². The molecule has 0 unspecified atom stereocenters. The molecule has 3 heterocycles. The fourth-order valence-corrected chi connectivity index (χ4v) is 11.9. The van der Waals surface area contributed by atoms with Crippen molar-refractivity contribution in [3.8, 4) is 0 Å². The maximum absolute atomic E-state index is 15.2. The van der Waals surface area contributed by atoms with Gasteiger partial charge in [0.15, 0.2) is 43.3 Å². The van der Waals surface area contributed by atoms with Gasteiger partial charge in [0.05, 0.1) is 62.9 Å². The standard InChI is InChI=1S/C79H80O21/c1-52(80)92-69-67(63(50-87-45-55-30-14-5-15-31-55)94-77(85-3)72(69)93-53(2)81)99-79-73(98-76(84)61-42-26-11-27-43-61)70(66(97-75(83)60-40-24-10-25-41-60)64(96-79)51-91-74(82)59-38-22-9-23-39-59)100-78-71(90-48-58-36-20-8-21-37-58)68(89-47-57-34-18-7-19-35-57)65(88-46-56-32-16-6-17-33-56)62(95-78)49-86-44-54-28-12-4-13-29-54/h4-43,62-73,77-79H,44-51H2,1-3H3/t62-,63-,64-,65+,66+,67-,68+,69+,70+,71-,72-,73-,77+,78-,79+/m1/s1. The number of methoxy groups -OCH3 is 1. The van der Waals surface area contributed by atoms with E-state index in [4.69, 9.17) is 75.8 Å². The molecule has 21 heteroatoms. The third-order valence-corrected chi connectivity index (χ3v) is 16.7. The molecular weight excluding hydrogens is 1280 g/mol. The summed E-state index contributed by atoms with van der Waals surface area (Å²) >= 11 is 0. The van der Waals surface area contributed by atoms with E-state index in [2.05, 4.69) is 0 Å². The summed E-state index contributed by atoms with van der Waals surface area (Å²) in [6, 6.07) is 71.7. The summed E-state index contributed by atoms with van der Waals surface area (Å²) in [7, 11) is 1.32. The molecule has 11 rings (SSSR count). The first-order chi connectivity index (χ1) is 48.9. The third kappa shape index (κ3) is 20.0. The fourth-order valence-electron chi connectivity index (χ4n) is 11.9. The summed E-state index contributed by atoms with van der Waals surface area (Å²) in [6.45, 7) is 1.50. The Morgan fingerprint density at radius 2 is 0.620 bits per heavy atom. The van der Waals surface area contributed by atoms with Crippen LogP contribution in [-0.4, -0.2) is 149 Å². The number of benzene rings is 8. The second-order valence-electron chi connectivity index (χ2n) is 23.9. The van der Waals surface area contributed by atoms with Crippen molar-refractivity contribution in [2.75, 3.05) is 26.9 Å². The van der Waals surface area contributed by atoms with Gasteiger partial charge in [-0.05, 0) is 64.2 Å². The summed E-state index contributed by atoms with van der Waals surface area (Å²) in [5.74, 6) is -4.27. The van der Waals surface area contributed by atoms with Gasteiger partial charge in [0.2, 0.25) is 0 Å². The largest absolute Gasteiger partial charge is 0.459 e. The lowest BCUT2D eigenvalue weighted by Gasteiger charge is -2.51. The topological polar surface area (TPSA) is 233 Å². The predicted octanol–water partition coefficient (Wildman–Crippen LogP) is 10.9. The summed E-state index contributed by atoms with van der Waals surface area (Å²) in [6.07, 6.45) is -22.5. The van der Waals surface area contributed by atoms with Gasteiger partial charge in [0, 0.05) is 21.0 Å². The van der Waals surface area contributed by atoms with Crippen molar-refractivity contribution in [2.45, 2.75) is 139 Å². The Morgan fingerprint density at radius 1 is 0.300 bits per heavy atom. The minimum atomic E-state index is -1.95. The number of carbonyl (C=O) groups is 5. The molecule has 3 aliphatic rings. The quantitative estimate of drug-likeness (QED) is 0.0290. The first kappa shape index (κ1) is 71.9. The number of esters is 5.